The lowest BCUT2D eigenvalue weighted by Gasteiger charge is -2.08. The molecule has 0 fully saturated rings. The van der Waals surface area contributed by atoms with Crippen LogP contribution in [0.3, 0.4) is 0 Å². The van der Waals surface area contributed by atoms with Crippen molar-refractivity contribution in [3.63, 3.8) is 0 Å². The number of ether oxygens (including phenoxy) is 1. The van der Waals surface area contributed by atoms with Gasteiger partial charge in [0.15, 0.2) is 0 Å². The first kappa shape index (κ1) is 16.6. The van der Waals surface area contributed by atoms with Crippen LogP contribution in [0.15, 0.2) is 60.8 Å². The number of halogens is 1. The number of carbonyl (C=O) groups is 1. The average molecular weight is 365 g/mol. The van der Waals surface area contributed by atoms with Crippen LogP contribution in [0.4, 0.5) is 0 Å². The molecule has 0 N–H and O–H groups in total. The van der Waals surface area contributed by atoms with Crippen LogP contribution in [0, 0.1) is 0 Å². The van der Waals surface area contributed by atoms with Gasteiger partial charge < -0.3 is 9.30 Å². The zero-order chi connectivity index (χ0) is 18.1. The maximum absolute atomic E-state index is 12.1. The van der Waals surface area contributed by atoms with Gasteiger partial charge in [0.2, 0.25) is 0 Å². The van der Waals surface area contributed by atoms with Crippen LogP contribution in [0.5, 0.6) is 0 Å². The van der Waals surface area contributed by atoms with Crippen molar-refractivity contribution in [3.05, 3.63) is 77.1 Å². The molecule has 0 aliphatic rings. The van der Waals surface area contributed by atoms with Gasteiger partial charge in [0.1, 0.15) is 5.69 Å². The van der Waals surface area contributed by atoms with Gasteiger partial charge in [-0.25, -0.2) is 9.78 Å². The number of carbonyl (C=O) groups excluding carboxylic acids is 1. The Balaban J connectivity index is 1.89. The third kappa shape index (κ3) is 2.93. The Labute approximate surface area is 156 Å². The summed E-state index contributed by atoms with van der Waals surface area (Å²) in [6, 6.07) is 17.8. The second-order valence-electron chi connectivity index (χ2n) is 6.04. The summed E-state index contributed by atoms with van der Waals surface area (Å²) in [6.07, 6.45) is 1.74. The van der Waals surface area contributed by atoms with Crippen LogP contribution >= 0.6 is 11.6 Å². The highest BCUT2D eigenvalue weighted by molar-refractivity contribution is 6.30. The quantitative estimate of drug-likeness (QED) is 0.475. The molecular weight excluding hydrogens is 348 g/mol. The van der Waals surface area contributed by atoms with E-state index in [1.54, 1.807) is 13.1 Å². The summed E-state index contributed by atoms with van der Waals surface area (Å²) < 4.78 is 7.27. The van der Waals surface area contributed by atoms with Gasteiger partial charge in [-0.3, -0.25) is 0 Å². The molecule has 0 radical (unpaired) electrons. The predicted molar refractivity (Wildman–Crippen MR) is 104 cm³/mol. The smallest absolute Gasteiger partial charge is 0.356 e. The van der Waals surface area contributed by atoms with Crippen LogP contribution in [0.25, 0.3) is 21.8 Å². The summed E-state index contributed by atoms with van der Waals surface area (Å²) in [6.45, 7) is 2.79. The number of fused-ring (bicyclic) bond motifs is 3. The maximum atomic E-state index is 12.1. The number of pyridine rings is 1. The maximum Gasteiger partial charge on any atom is 0.356 e. The Morgan fingerprint density at radius 1 is 1.08 bits per heavy atom. The van der Waals surface area contributed by atoms with Crippen molar-refractivity contribution in [3.8, 4) is 0 Å². The second kappa shape index (κ2) is 6.81. The molecule has 5 heteroatoms. The number of para-hydroxylation sites is 1. The summed E-state index contributed by atoms with van der Waals surface area (Å²) in [5, 5.41) is 2.78. The zero-order valence-electron chi connectivity index (χ0n) is 14.3. The van der Waals surface area contributed by atoms with E-state index in [1.165, 1.54) is 0 Å². The zero-order valence-corrected chi connectivity index (χ0v) is 15.0. The molecule has 0 aliphatic heterocycles. The molecule has 0 spiro atoms. The summed E-state index contributed by atoms with van der Waals surface area (Å²) in [7, 11) is 0. The molecular formula is C21H17ClN2O2. The molecule has 0 amide bonds. The highest BCUT2D eigenvalue weighted by atomic mass is 35.5. The third-order valence-electron chi connectivity index (χ3n) is 4.37. The standard InChI is InChI=1S/C21H17ClN2O2/c1-2-26-21(25)18-11-17-16-8-3-4-9-19(16)24(20(17)12-23-18)13-14-6-5-7-15(22)10-14/h3-12H,2,13H2,1H3. The minimum Gasteiger partial charge on any atom is -0.461 e. The normalized spacial score (nSPS) is 11.2. The van der Waals surface area contributed by atoms with Gasteiger partial charge >= 0.3 is 5.97 Å². The van der Waals surface area contributed by atoms with Gasteiger partial charge in [0.25, 0.3) is 0 Å². The lowest BCUT2D eigenvalue weighted by atomic mass is 10.1. The minimum atomic E-state index is -0.402. The lowest BCUT2D eigenvalue weighted by molar-refractivity contribution is 0.0520. The van der Waals surface area contributed by atoms with Gasteiger partial charge in [0, 0.05) is 27.9 Å². The number of aromatic nitrogens is 2. The fourth-order valence-electron chi connectivity index (χ4n) is 3.25. The summed E-state index contributed by atoms with van der Waals surface area (Å²) in [5.41, 5.74) is 3.49. The largest absolute Gasteiger partial charge is 0.461 e. The van der Waals surface area contributed by atoms with E-state index in [4.69, 9.17) is 16.3 Å². The number of hydrogen-bond donors (Lipinski definition) is 0. The SMILES string of the molecule is CCOC(=O)c1cc2c3ccccc3n(Cc3cccc(Cl)c3)c2cn1. The van der Waals surface area contributed by atoms with Gasteiger partial charge in [-0.05, 0) is 36.8 Å². The number of rotatable bonds is 4. The Hall–Kier alpha value is -2.85. The molecule has 2 heterocycles. The summed E-state index contributed by atoms with van der Waals surface area (Å²) >= 11 is 6.13. The van der Waals surface area contributed by atoms with E-state index in [9.17, 15) is 4.79 Å². The van der Waals surface area contributed by atoms with Crippen LogP contribution in [0.2, 0.25) is 5.02 Å². The van der Waals surface area contributed by atoms with Crippen molar-refractivity contribution in [2.24, 2.45) is 0 Å². The van der Waals surface area contributed by atoms with Gasteiger partial charge in [-0.2, -0.15) is 0 Å². The number of hydrogen-bond acceptors (Lipinski definition) is 3. The highest BCUT2D eigenvalue weighted by Gasteiger charge is 2.15. The molecule has 0 aliphatic carbocycles. The highest BCUT2D eigenvalue weighted by Crippen LogP contribution is 2.30. The molecule has 0 unspecified atom stereocenters. The molecule has 0 saturated heterocycles. The topological polar surface area (TPSA) is 44.1 Å². The average Bonchev–Trinajstić information content (AvgIpc) is 2.96. The second-order valence-corrected chi connectivity index (χ2v) is 6.48. The number of nitrogens with zero attached hydrogens (tertiary/aromatic N) is 2. The van der Waals surface area contributed by atoms with E-state index in [-0.39, 0.29) is 0 Å². The molecule has 26 heavy (non-hydrogen) atoms. The Morgan fingerprint density at radius 2 is 1.92 bits per heavy atom. The summed E-state index contributed by atoms with van der Waals surface area (Å²) in [4.78, 5) is 16.4. The molecule has 0 atom stereocenters. The minimum absolute atomic E-state index is 0.324. The molecule has 4 rings (SSSR count). The van der Waals surface area contributed by atoms with Crippen molar-refractivity contribution in [1.82, 2.24) is 9.55 Å². The lowest BCUT2D eigenvalue weighted by Crippen LogP contribution is -2.07. The van der Waals surface area contributed by atoms with Crippen molar-refractivity contribution < 1.29 is 9.53 Å². The predicted octanol–water partition coefficient (Wildman–Crippen LogP) is 5.07. The van der Waals surface area contributed by atoms with Crippen LogP contribution in [-0.2, 0) is 11.3 Å². The molecule has 4 aromatic rings. The molecule has 0 bridgehead atoms. The van der Waals surface area contributed by atoms with E-state index in [0.717, 1.165) is 27.4 Å². The Morgan fingerprint density at radius 3 is 2.73 bits per heavy atom. The molecule has 0 saturated carbocycles. The van der Waals surface area contributed by atoms with Crippen LogP contribution < -0.4 is 0 Å². The fourth-order valence-corrected chi connectivity index (χ4v) is 3.46. The first-order valence-corrected chi connectivity index (χ1v) is 8.83. The van der Waals surface area contributed by atoms with Gasteiger partial charge in [0.05, 0.1) is 18.3 Å². The Bertz CT molecular complexity index is 1120. The van der Waals surface area contributed by atoms with Gasteiger partial charge in [-0.15, -0.1) is 0 Å². The van der Waals surface area contributed by atoms with E-state index in [0.29, 0.717) is 23.9 Å². The van der Waals surface area contributed by atoms with Crippen molar-refractivity contribution in [2.75, 3.05) is 6.61 Å². The van der Waals surface area contributed by atoms with Gasteiger partial charge in [-0.1, -0.05) is 41.9 Å². The van der Waals surface area contributed by atoms with Crippen LogP contribution in [-0.4, -0.2) is 22.1 Å². The van der Waals surface area contributed by atoms with Crippen molar-refractivity contribution >= 4 is 39.4 Å². The van der Waals surface area contributed by atoms with E-state index < -0.39 is 5.97 Å². The van der Waals surface area contributed by atoms with Crippen LogP contribution in [0.1, 0.15) is 23.0 Å². The third-order valence-corrected chi connectivity index (χ3v) is 4.61. The molecule has 2 aromatic carbocycles. The first-order valence-electron chi connectivity index (χ1n) is 8.46. The molecule has 4 nitrogen and oxygen atoms in total. The summed E-state index contributed by atoms with van der Waals surface area (Å²) in [5.74, 6) is -0.402. The first-order chi connectivity index (χ1) is 12.7. The Kier molecular flexibility index (Phi) is 4.35. The fraction of sp³-hybridized carbons (Fsp3) is 0.143. The van der Waals surface area contributed by atoms with Crippen molar-refractivity contribution in [2.45, 2.75) is 13.5 Å². The molecule has 130 valence electrons. The van der Waals surface area contributed by atoms with E-state index in [2.05, 4.69) is 21.7 Å². The van der Waals surface area contributed by atoms with E-state index in [1.807, 2.05) is 42.5 Å². The monoisotopic (exact) mass is 364 g/mol. The number of benzene rings is 2. The van der Waals surface area contributed by atoms with Crippen molar-refractivity contribution in [1.29, 1.82) is 0 Å². The van der Waals surface area contributed by atoms with E-state index >= 15 is 0 Å². The molecule has 2 aromatic heterocycles. The number of esters is 1.